The molecule has 0 aliphatic carbocycles. The maximum absolute atomic E-state index is 13.6. The first-order chi connectivity index (χ1) is 21.2. The van der Waals surface area contributed by atoms with Gasteiger partial charge in [-0.1, -0.05) is 12.1 Å². The SMILES string of the molecule is COc1ccc(Cn2ncc3[nH]c(-c4ccc(NC(=O)Nc5cc(N6CCOCC6)cc(C(F)(F)F)c5)cc4C)nc32)cc1. The number of aryl methyl sites for hydroxylation is 1. The van der Waals surface area contributed by atoms with Crippen LogP contribution in [0.15, 0.2) is 66.9 Å². The van der Waals surface area contributed by atoms with E-state index >= 15 is 0 Å². The Balaban J connectivity index is 1.16. The smallest absolute Gasteiger partial charge is 0.416 e. The molecule has 1 aliphatic rings. The lowest BCUT2D eigenvalue weighted by Gasteiger charge is -2.29. The molecule has 6 rings (SSSR count). The van der Waals surface area contributed by atoms with Crippen molar-refractivity contribution in [3.05, 3.63) is 83.6 Å². The summed E-state index contributed by atoms with van der Waals surface area (Å²) < 4.78 is 53.2. The Morgan fingerprint density at radius 1 is 1.02 bits per heavy atom. The lowest BCUT2D eigenvalue weighted by Crippen LogP contribution is -2.36. The minimum absolute atomic E-state index is 0.0399. The molecule has 2 amide bonds. The molecule has 3 N–H and O–H groups in total. The number of imidazole rings is 1. The third kappa shape index (κ3) is 6.32. The topological polar surface area (TPSA) is 109 Å². The van der Waals surface area contributed by atoms with Gasteiger partial charge in [0.05, 0.1) is 38.6 Å². The molecule has 1 fully saturated rings. The van der Waals surface area contributed by atoms with Gasteiger partial charge in [0.25, 0.3) is 0 Å². The van der Waals surface area contributed by atoms with E-state index < -0.39 is 17.8 Å². The molecular formula is C31H30F3N7O3. The van der Waals surface area contributed by atoms with Gasteiger partial charge in [-0.2, -0.15) is 18.3 Å². The number of nitrogens with zero attached hydrogens (tertiary/aromatic N) is 4. The molecule has 0 atom stereocenters. The number of aromatic nitrogens is 4. The Kier molecular flexibility index (Phi) is 7.87. The van der Waals surface area contributed by atoms with Crippen LogP contribution in [0.2, 0.25) is 0 Å². The van der Waals surface area contributed by atoms with Gasteiger partial charge >= 0.3 is 12.2 Å². The first-order valence-electron chi connectivity index (χ1n) is 13.9. The number of urea groups is 1. The number of hydrogen-bond donors (Lipinski definition) is 3. The van der Waals surface area contributed by atoms with Crippen LogP contribution < -0.4 is 20.3 Å². The number of methoxy groups -OCH3 is 1. The number of aromatic amines is 1. The molecule has 5 aromatic rings. The fourth-order valence-electron chi connectivity index (χ4n) is 5.15. The molecule has 1 aliphatic heterocycles. The number of benzene rings is 3. The molecule has 13 heteroatoms. The highest BCUT2D eigenvalue weighted by Gasteiger charge is 2.32. The normalized spacial score (nSPS) is 13.7. The van der Waals surface area contributed by atoms with Crippen LogP contribution >= 0.6 is 0 Å². The first-order valence-corrected chi connectivity index (χ1v) is 13.9. The Labute approximate surface area is 250 Å². The second-order valence-electron chi connectivity index (χ2n) is 10.4. The highest BCUT2D eigenvalue weighted by molar-refractivity contribution is 6.00. The van der Waals surface area contributed by atoms with Crippen LogP contribution in [0.5, 0.6) is 5.75 Å². The van der Waals surface area contributed by atoms with Gasteiger partial charge < -0.3 is 30.0 Å². The van der Waals surface area contributed by atoms with E-state index in [0.29, 0.717) is 55.7 Å². The molecule has 0 unspecified atom stereocenters. The summed E-state index contributed by atoms with van der Waals surface area (Å²) in [4.78, 5) is 22.7. The fourth-order valence-corrected chi connectivity index (χ4v) is 5.15. The monoisotopic (exact) mass is 605 g/mol. The van der Waals surface area contributed by atoms with Crippen LogP contribution in [-0.2, 0) is 17.5 Å². The number of anilines is 3. The zero-order chi connectivity index (χ0) is 30.8. The maximum atomic E-state index is 13.6. The summed E-state index contributed by atoms with van der Waals surface area (Å²) in [6.45, 7) is 4.19. The molecule has 0 bridgehead atoms. The van der Waals surface area contributed by atoms with E-state index in [9.17, 15) is 18.0 Å². The number of carbonyl (C=O) groups is 1. The van der Waals surface area contributed by atoms with Crippen LogP contribution in [0, 0.1) is 6.92 Å². The van der Waals surface area contributed by atoms with E-state index in [1.807, 2.05) is 41.9 Å². The van der Waals surface area contributed by atoms with Gasteiger partial charge in [0, 0.05) is 35.7 Å². The summed E-state index contributed by atoms with van der Waals surface area (Å²) in [6, 6.07) is 15.9. The van der Waals surface area contributed by atoms with Crippen molar-refractivity contribution in [2.75, 3.05) is 48.9 Å². The summed E-state index contributed by atoms with van der Waals surface area (Å²) in [5, 5.41) is 9.72. The fraction of sp³-hybridized carbons (Fsp3) is 0.258. The lowest BCUT2D eigenvalue weighted by molar-refractivity contribution is -0.137. The minimum atomic E-state index is -4.56. The van der Waals surface area contributed by atoms with Gasteiger partial charge in [0.2, 0.25) is 0 Å². The van der Waals surface area contributed by atoms with Crippen molar-refractivity contribution in [1.29, 1.82) is 0 Å². The molecule has 1 saturated heterocycles. The predicted molar refractivity (Wildman–Crippen MR) is 161 cm³/mol. The molecule has 0 radical (unpaired) electrons. The highest BCUT2D eigenvalue weighted by Crippen LogP contribution is 2.35. The quantitative estimate of drug-likeness (QED) is 0.201. The number of hydrogen-bond acceptors (Lipinski definition) is 6. The molecule has 10 nitrogen and oxygen atoms in total. The van der Waals surface area contributed by atoms with Crippen LogP contribution in [0.3, 0.4) is 0 Å². The Hall–Kier alpha value is -5.04. The van der Waals surface area contributed by atoms with Crippen LogP contribution in [-0.4, -0.2) is 59.2 Å². The summed E-state index contributed by atoms with van der Waals surface area (Å²) in [7, 11) is 1.62. The van der Waals surface area contributed by atoms with E-state index in [1.165, 1.54) is 6.07 Å². The summed E-state index contributed by atoms with van der Waals surface area (Å²) >= 11 is 0. The van der Waals surface area contributed by atoms with Crippen molar-refractivity contribution in [3.8, 4) is 17.1 Å². The number of nitrogens with one attached hydrogen (secondary N) is 3. The summed E-state index contributed by atoms with van der Waals surface area (Å²) in [6.07, 6.45) is -2.84. The molecule has 44 heavy (non-hydrogen) atoms. The number of amides is 2. The zero-order valence-electron chi connectivity index (χ0n) is 24.0. The average Bonchev–Trinajstić information content (AvgIpc) is 3.59. The van der Waals surface area contributed by atoms with Gasteiger partial charge in [-0.05, 0) is 66.6 Å². The van der Waals surface area contributed by atoms with Crippen molar-refractivity contribution in [3.63, 3.8) is 0 Å². The Morgan fingerprint density at radius 3 is 2.48 bits per heavy atom. The minimum Gasteiger partial charge on any atom is -0.497 e. The number of morpholine rings is 1. The standard InChI is InChI=1S/C31H30F3N7O3/c1-19-13-22(36-30(42)37-23-14-21(31(32,33)34)15-24(16-23)40-9-11-44-12-10-40)5-8-26(19)28-38-27-17-35-41(29(27)39-28)18-20-3-6-25(43-2)7-4-20/h3-8,13-17H,9-12,18H2,1-2H3,(H,38,39)(H2,36,37,42). The molecule has 2 aromatic heterocycles. The first kappa shape index (κ1) is 29.1. The van der Waals surface area contributed by atoms with E-state index in [2.05, 4.69) is 20.7 Å². The molecule has 0 saturated carbocycles. The van der Waals surface area contributed by atoms with Crippen LogP contribution in [0.1, 0.15) is 16.7 Å². The molecule has 3 aromatic carbocycles. The third-order valence-corrected chi connectivity index (χ3v) is 7.39. The second-order valence-corrected chi connectivity index (χ2v) is 10.4. The van der Waals surface area contributed by atoms with Crippen molar-refractivity contribution in [1.82, 2.24) is 19.7 Å². The van der Waals surface area contributed by atoms with Crippen molar-refractivity contribution in [2.24, 2.45) is 0 Å². The number of fused-ring (bicyclic) bond motifs is 1. The lowest BCUT2D eigenvalue weighted by atomic mass is 10.1. The van der Waals surface area contributed by atoms with Gasteiger partial charge in [-0.15, -0.1) is 0 Å². The van der Waals surface area contributed by atoms with Gasteiger partial charge in [0.1, 0.15) is 17.1 Å². The second kappa shape index (κ2) is 11.9. The largest absolute Gasteiger partial charge is 0.497 e. The number of rotatable bonds is 7. The van der Waals surface area contributed by atoms with Gasteiger partial charge in [-0.3, -0.25) is 0 Å². The van der Waals surface area contributed by atoms with E-state index in [4.69, 9.17) is 14.5 Å². The van der Waals surface area contributed by atoms with Crippen molar-refractivity contribution >= 4 is 34.3 Å². The number of halogens is 3. The van der Waals surface area contributed by atoms with Gasteiger partial charge in [-0.25, -0.2) is 14.5 Å². The maximum Gasteiger partial charge on any atom is 0.416 e. The van der Waals surface area contributed by atoms with E-state index in [-0.39, 0.29) is 5.69 Å². The van der Waals surface area contributed by atoms with Crippen LogP contribution in [0.4, 0.5) is 35.0 Å². The summed E-state index contributed by atoms with van der Waals surface area (Å²) in [5.74, 6) is 1.43. The predicted octanol–water partition coefficient (Wildman–Crippen LogP) is 6.29. The Morgan fingerprint density at radius 2 is 1.77 bits per heavy atom. The summed E-state index contributed by atoms with van der Waals surface area (Å²) in [5.41, 5.74) is 4.25. The Bertz CT molecular complexity index is 1790. The highest BCUT2D eigenvalue weighted by atomic mass is 19.4. The van der Waals surface area contributed by atoms with Gasteiger partial charge in [0.15, 0.2) is 5.65 Å². The van der Waals surface area contributed by atoms with Crippen molar-refractivity contribution in [2.45, 2.75) is 19.6 Å². The molecule has 0 spiro atoms. The average molecular weight is 606 g/mol. The number of ether oxygens (including phenoxy) is 2. The van der Waals surface area contributed by atoms with E-state index in [1.54, 1.807) is 30.3 Å². The third-order valence-electron chi connectivity index (χ3n) is 7.39. The van der Waals surface area contributed by atoms with E-state index in [0.717, 1.165) is 40.1 Å². The number of carbonyl (C=O) groups excluding carboxylic acids is 1. The number of H-pyrrole nitrogens is 1. The molecule has 3 heterocycles. The zero-order valence-corrected chi connectivity index (χ0v) is 24.0. The number of alkyl halides is 3. The molecule has 228 valence electrons. The van der Waals surface area contributed by atoms with Crippen molar-refractivity contribution < 1.29 is 27.4 Å². The molecular weight excluding hydrogens is 575 g/mol. The van der Waals surface area contributed by atoms with Crippen LogP contribution in [0.25, 0.3) is 22.6 Å².